The molecule has 1 aromatic heterocycles. The van der Waals surface area contributed by atoms with Gasteiger partial charge in [-0.25, -0.2) is 9.78 Å². The maximum Gasteiger partial charge on any atom is 0.445 e. The lowest BCUT2D eigenvalue weighted by molar-refractivity contribution is 0.178. The maximum atomic E-state index is 11.3. The number of anilines is 1. The zero-order valence-electron chi connectivity index (χ0n) is 8.00. The molecule has 0 radical (unpaired) electrons. The quantitative estimate of drug-likeness (QED) is 0.782. The Morgan fingerprint density at radius 2 is 2.27 bits per heavy atom. The molecule has 1 aromatic rings. The van der Waals surface area contributed by atoms with E-state index in [1.165, 1.54) is 19.2 Å². The average Bonchev–Trinajstić information content (AvgIpc) is 2.19. The number of ether oxygens (including phenoxy) is 1. The van der Waals surface area contributed by atoms with E-state index < -0.39 is 15.3 Å². The number of nitrogens with zero attached hydrogens (tertiary/aromatic N) is 1. The Kier molecular flexibility index (Phi) is 3.62. The third-order valence-corrected chi connectivity index (χ3v) is 2.42. The van der Waals surface area contributed by atoms with Gasteiger partial charge in [0, 0.05) is 6.20 Å². The molecule has 82 valence electrons. The van der Waals surface area contributed by atoms with E-state index in [0.717, 1.165) is 0 Å². The Labute approximate surface area is 87.3 Å². The Morgan fingerprint density at radius 3 is 2.80 bits per heavy atom. The summed E-state index contributed by atoms with van der Waals surface area (Å²) in [5, 5.41) is -1.31. The third kappa shape index (κ3) is 3.21. The van der Waals surface area contributed by atoms with Crippen molar-refractivity contribution in [3.63, 3.8) is 0 Å². The molecule has 0 aromatic carbocycles. The Balaban J connectivity index is 2.78. The molecule has 1 heterocycles. The van der Waals surface area contributed by atoms with Gasteiger partial charge in [0.05, 0.1) is 6.61 Å². The zero-order chi connectivity index (χ0) is 11.3. The Bertz CT molecular complexity index is 429. The number of pyridine rings is 1. The average molecular weight is 230 g/mol. The van der Waals surface area contributed by atoms with Gasteiger partial charge in [-0.05, 0) is 19.1 Å². The van der Waals surface area contributed by atoms with E-state index in [0.29, 0.717) is 0 Å². The number of aromatic nitrogens is 1. The first-order chi connectivity index (χ1) is 7.06. The highest BCUT2D eigenvalue weighted by Gasteiger charge is 2.23. The van der Waals surface area contributed by atoms with Crippen molar-refractivity contribution >= 4 is 21.1 Å². The summed E-state index contributed by atoms with van der Waals surface area (Å²) < 4.78 is 28.9. The first kappa shape index (κ1) is 11.4. The van der Waals surface area contributed by atoms with Crippen LogP contribution >= 0.6 is 0 Å². The standard InChI is InChI=1S/C8H10N2O4S/c1-2-14-8(11)15(12,13)10-7-5-3-4-6-9-7/h3-6H,2H2,1H3,(H,9,10). The van der Waals surface area contributed by atoms with E-state index in [9.17, 15) is 13.2 Å². The summed E-state index contributed by atoms with van der Waals surface area (Å²) in [7, 11) is -4.15. The highest BCUT2D eigenvalue weighted by atomic mass is 32.2. The van der Waals surface area contributed by atoms with Crippen LogP contribution in [0.3, 0.4) is 0 Å². The second-order valence-electron chi connectivity index (χ2n) is 2.50. The van der Waals surface area contributed by atoms with Crippen LogP contribution in [0, 0.1) is 0 Å². The predicted octanol–water partition coefficient (Wildman–Crippen LogP) is 0.980. The third-order valence-electron chi connectivity index (χ3n) is 1.39. The van der Waals surface area contributed by atoms with E-state index >= 15 is 0 Å². The number of sulfonamides is 1. The van der Waals surface area contributed by atoms with Gasteiger partial charge in [0.1, 0.15) is 5.82 Å². The zero-order valence-corrected chi connectivity index (χ0v) is 8.82. The molecule has 1 rings (SSSR count). The van der Waals surface area contributed by atoms with Gasteiger partial charge in [0.25, 0.3) is 0 Å². The molecule has 15 heavy (non-hydrogen) atoms. The first-order valence-corrected chi connectivity index (χ1v) is 5.65. The highest BCUT2D eigenvalue weighted by molar-refractivity contribution is 8.06. The summed E-state index contributed by atoms with van der Waals surface area (Å²) in [5.41, 5.74) is 0. The van der Waals surface area contributed by atoms with Gasteiger partial charge in [0.2, 0.25) is 0 Å². The fourth-order valence-electron chi connectivity index (χ4n) is 0.798. The fraction of sp³-hybridized carbons (Fsp3) is 0.250. The minimum Gasteiger partial charge on any atom is -0.453 e. The van der Waals surface area contributed by atoms with Gasteiger partial charge in [-0.15, -0.1) is 0 Å². The number of hydrogen-bond donors (Lipinski definition) is 1. The van der Waals surface area contributed by atoms with Crippen LogP contribution in [0.1, 0.15) is 6.92 Å². The molecule has 0 unspecified atom stereocenters. The summed E-state index contributed by atoms with van der Waals surface area (Å²) in [6, 6.07) is 4.65. The number of nitrogens with one attached hydrogen (secondary N) is 1. The van der Waals surface area contributed by atoms with Crippen molar-refractivity contribution in [2.75, 3.05) is 11.3 Å². The van der Waals surface area contributed by atoms with Crippen LogP contribution in [0.2, 0.25) is 0 Å². The molecule has 7 heteroatoms. The summed E-state index contributed by atoms with van der Waals surface area (Å²) in [4.78, 5) is 14.7. The van der Waals surface area contributed by atoms with Crippen LogP contribution in [0.15, 0.2) is 24.4 Å². The molecule has 0 aliphatic heterocycles. The van der Waals surface area contributed by atoms with Crippen LogP contribution < -0.4 is 4.72 Å². The van der Waals surface area contributed by atoms with Crippen LogP contribution in [-0.2, 0) is 14.8 Å². The minimum atomic E-state index is -4.15. The number of rotatable bonds is 3. The van der Waals surface area contributed by atoms with Crippen molar-refractivity contribution in [1.82, 2.24) is 4.98 Å². The van der Waals surface area contributed by atoms with E-state index in [1.807, 2.05) is 4.72 Å². The van der Waals surface area contributed by atoms with E-state index in [4.69, 9.17) is 0 Å². The molecular weight excluding hydrogens is 220 g/mol. The maximum absolute atomic E-state index is 11.3. The summed E-state index contributed by atoms with van der Waals surface area (Å²) >= 11 is 0. The molecule has 0 fully saturated rings. The van der Waals surface area contributed by atoms with Crippen LogP contribution in [-0.4, -0.2) is 25.3 Å². The van der Waals surface area contributed by atoms with Crippen LogP contribution in [0.4, 0.5) is 10.6 Å². The summed E-state index contributed by atoms with van der Waals surface area (Å²) in [6.45, 7) is 1.52. The molecule has 6 nitrogen and oxygen atoms in total. The van der Waals surface area contributed by atoms with Crippen molar-refractivity contribution in [2.24, 2.45) is 0 Å². The Morgan fingerprint density at radius 1 is 1.53 bits per heavy atom. The van der Waals surface area contributed by atoms with Gasteiger partial charge in [-0.1, -0.05) is 6.07 Å². The summed E-state index contributed by atoms with van der Waals surface area (Å²) in [5.74, 6) is 0.0746. The van der Waals surface area contributed by atoms with E-state index in [-0.39, 0.29) is 12.4 Å². The van der Waals surface area contributed by atoms with Crippen molar-refractivity contribution in [2.45, 2.75) is 6.92 Å². The molecule has 0 aliphatic rings. The van der Waals surface area contributed by atoms with E-state index in [2.05, 4.69) is 9.72 Å². The normalized spacial score (nSPS) is 10.7. The van der Waals surface area contributed by atoms with Crippen LogP contribution in [0.25, 0.3) is 0 Å². The van der Waals surface area contributed by atoms with Gasteiger partial charge in [-0.2, -0.15) is 8.42 Å². The Hall–Kier alpha value is -1.63. The second-order valence-corrected chi connectivity index (χ2v) is 4.05. The lowest BCUT2D eigenvalue weighted by Crippen LogP contribution is -2.24. The minimum absolute atomic E-state index is 0.00195. The molecule has 0 amide bonds. The number of carbonyl (C=O) groups excluding carboxylic acids is 1. The van der Waals surface area contributed by atoms with Gasteiger partial charge < -0.3 is 4.74 Å². The molecule has 0 saturated carbocycles. The molecule has 0 spiro atoms. The molecule has 0 saturated heterocycles. The molecule has 1 N–H and O–H groups in total. The topological polar surface area (TPSA) is 85.4 Å². The molecule has 0 atom stereocenters. The first-order valence-electron chi connectivity index (χ1n) is 4.17. The summed E-state index contributed by atoms with van der Waals surface area (Å²) in [6.07, 6.45) is 1.41. The molecule has 0 bridgehead atoms. The van der Waals surface area contributed by atoms with Gasteiger partial charge in [0.15, 0.2) is 0 Å². The predicted molar refractivity (Wildman–Crippen MR) is 53.8 cm³/mol. The molecule has 0 aliphatic carbocycles. The van der Waals surface area contributed by atoms with Crippen molar-refractivity contribution in [3.05, 3.63) is 24.4 Å². The molecular formula is C8H10N2O4S. The monoisotopic (exact) mass is 230 g/mol. The number of hydrogen-bond acceptors (Lipinski definition) is 5. The fourth-order valence-corrected chi connectivity index (χ4v) is 1.55. The number of carbonyl (C=O) groups is 1. The largest absolute Gasteiger partial charge is 0.453 e. The van der Waals surface area contributed by atoms with Crippen LogP contribution in [0.5, 0.6) is 0 Å². The van der Waals surface area contributed by atoms with Gasteiger partial charge in [-0.3, -0.25) is 4.72 Å². The smallest absolute Gasteiger partial charge is 0.445 e. The van der Waals surface area contributed by atoms with Crippen molar-refractivity contribution < 1.29 is 17.9 Å². The van der Waals surface area contributed by atoms with Gasteiger partial charge >= 0.3 is 15.3 Å². The lowest BCUT2D eigenvalue weighted by atomic mass is 10.5. The van der Waals surface area contributed by atoms with Crippen molar-refractivity contribution in [3.8, 4) is 0 Å². The second kappa shape index (κ2) is 4.74. The van der Waals surface area contributed by atoms with Crippen molar-refractivity contribution in [1.29, 1.82) is 0 Å². The highest BCUT2D eigenvalue weighted by Crippen LogP contribution is 2.05. The van der Waals surface area contributed by atoms with E-state index in [1.54, 1.807) is 12.1 Å². The SMILES string of the molecule is CCOC(=O)S(=O)(=O)Nc1ccccn1. The lowest BCUT2D eigenvalue weighted by Gasteiger charge is -2.05.